The Hall–Kier alpha value is -3.02. The molecule has 0 saturated carbocycles. The van der Waals surface area contributed by atoms with Gasteiger partial charge in [0.1, 0.15) is 11.5 Å². The summed E-state index contributed by atoms with van der Waals surface area (Å²) < 4.78 is 10.4. The van der Waals surface area contributed by atoms with Gasteiger partial charge in [-0.1, -0.05) is 35.0 Å². The maximum atomic E-state index is 11.6. The van der Waals surface area contributed by atoms with Gasteiger partial charge in [-0.05, 0) is 25.1 Å². The van der Waals surface area contributed by atoms with Gasteiger partial charge in [0.05, 0.1) is 7.11 Å². The van der Waals surface area contributed by atoms with E-state index in [0.717, 1.165) is 5.56 Å². The van der Waals surface area contributed by atoms with Crippen LogP contribution in [0.2, 0.25) is 0 Å². The fourth-order valence-electron chi connectivity index (χ4n) is 1.82. The summed E-state index contributed by atoms with van der Waals surface area (Å²) in [6, 6.07) is 14.3. The number of methoxy groups -OCH3 is 1. The monoisotopic (exact) mass is 314 g/mol. The molecule has 6 nitrogen and oxygen atoms in total. The van der Waals surface area contributed by atoms with E-state index in [2.05, 4.69) is 5.16 Å². The first kappa shape index (κ1) is 16.4. The SMILES string of the molecule is COc1cccc(OCC(=O)ON=C(N)c2cccc(C)c2)c1. The van der Waals surface area contributed by atoms with Crippen molar-refractivity contribution in [2.24, 2.45) is 10.9 Å². The van der Waals surface area contributed by atoms with E-state index in [1.807, 2.05) is 25.1 Å². The van der Waals surface area contributed by atoms with Gasteiger partial charge in [-0.15, -0.1) is 0 Å². The molecule has 0 saturated heterocycles. The summed E-state index contributed by atoms with van der Waals surface area (Å²) in [4.78, 5) is 16.4. The Morgan fingerprint density at radius 3 is 2.61 bits per heavy atom. The molecule has 120 valence electrons. The third-order valence-corrected chi connectivity index (χ3v) is 2.96. The molecule has 2 rings (SSSR count). The molecule has 0 atom stereocenters. The van der Waals surface area contributed by atoms with Crippen molar-refractivity contribution in [3.05, 3.63) is 59.7 Å². The van der Waals surface area contributed by atoms with E-state index >= 15 is 0 Å². The molecule has 0 aliphatic rings. The van der Waals surface area contributed by atoms with Crippen LogP contribution in [0.1, 0.15) is 11.1 Å². The molecule has 23 heavy (non-hydrogen) atoms. The average Bonchev–Trinajstić information content (AvgIpc) is 2.58. The van der Waals surface area contributed by atoms with Gasteiger partial charge in [0.2, 0.25) is 0 Å². The molecule has 0 fully saturated rings. The number of carbonyl (C=O) groups is 1. The number of oxime groups is 1. The Bertz CT molecular complexity index is 713. The van der Waals surface area contributed by atoms with E-state index in [9.17, 15) is 4.79 Å². The molecule has 0 aliphatic carbocycles. The second-order valence-corrected chi connectivity index (χ2v) is 4.78. The van der Waals surface area contributed by atoms with Crippen molar-refractivity contribution < 1.29 is 19.1 Å². The Kier molecular flexibility index (Phi) is 5.57. The largest absolute Gasteiger partial charge is 0.497 e. The van der Waals surface area contributed by atoms with Crippen LogP contribution < -0.4 is 15.2 Å². The van der Waals surface area contributed by atoms with Crippen molar-refractivity contribution in [3.8, 4) is 11.5 Å². The van der Waals surface area contributed by atoms with Crippen molar-refractivity contribution in [2.75, 3.05) is 13.7 Å². The minimum atomic E-state index is -0.650. The lowest BCUT2D eigenvalue weighted by Crippen LogP contribution is -2.18. The normalized spacial score (nSPS) is 11.0. The fourth-order valence-corrected chi connectivity index (χ4v) is 1.82. The number of amidine groups is 1. The highest BCUT2D eigenvalue weighted by Crippen LogP contribution is 2.18. The third-order valence-electron chi connectivity index (χ3n) is 2.96. The van der Waals surface area contributed by atoms with E-state index in [4.69, 9.17) is 20.0 Å². The highest BCUT2D eigenvalue weighted by molar-refractivity contribution is 5.97. The number of hydrogen-bond donors (Lipinski definition) is 1. The van der Waals surface area contributed by atoms with Crippen LogP contribution in [0.25, 0.3) is 0 Å². The molecular weight excluding hydrogens is 296 g/mol. The number of nitrogens with zero attached hydrogens (tertiary/aromatic N) is 1. The van der Waals surface area contributed by atoms with Gasteiger partial charge < -0.3 is 20.0 Å². The van der Waals surface area contributed by atoms with Gasteiger partial charge in [-0.2, -0.15) is 0 Å². The fraction of sp³-hybridized carbons (Fsp3) is 0.176. The molecule has 0 heterocycles. The molecule has 0 radical (unpaired) electrons. The van der Waals surface area contributed by atoms with Gasteiger partial charge in [-0.3, -0.25) is 0 Å². The smallest absolute Gasteiger partial charge is 0.372 e. The standard InChI is InChI=1S/C17H18N2O4/c1-12-5-3-6-13(9-12)17(18)19-23-16(20)11-22-15-8-4-7-14(10-15)21-2/h3-10H,11H2,1-2H3,(H2,18,19). The molecule has 0 aliphatic heterocycles. The third kappa shape index (κ3) is 5.03. The summed E-state index contributed by atoms with van der Waals surface area (Å²) in [7, 11) is 1.55. The molecular formula is C17H18N2O4. The Labute approximate surface area is 134 Å². The molecule has 2 aromatic carbocycles. The van der Waals surface area contributed by atoms with E-state index in [0.29, 0.717) is 17.1 Å². The van der Waals surface area contributed by atoms with Crippen molar-refractivity contribution in [1.29, 1.82) is 0 Å². The van der Waals surface area contributed by atoms with Crippen LogP contribution in [0.3, 0.4) is 0 Å². The molecule has 2 aromatic rings. The maximum Gasteiger partial charge on any atom is 0.372 e. The highest BCUT2D eigenvalue weighted by Gasteiger charge is 2.06. The number of aryl methyl sites for hydroxylation is 1. The van der Waals surface area contributed by atoms with Gasteiger partial charge in [0, 0.05) is 11.6 Å². The number of carbonyl (C=O) groups excluding carboxylic acids is 1. The minimum Gasteiger partial charge on any atom is -0.497 e. The number of hydrogen-bond acceptors (Lipinski definition) is 5. The first-order valence-electron chi connectivity index (χ1n) is 6.95. The van der Waals surface area contributed by atoms with Gasteiger partial charge in [0.25, 0.3) is 0 Å². The summed E-state index contributed by atoms with van der Waals surface area (Å²) in [6.07, 6.45) is 0. The van der Waals surface area contributed by atoms with Crippen LogP contribution in [0.5, 0.6) is 11.5 Å². The number of nitrogens with two attached hydrogens (primary N) is 1. The molecule has 0 bridgehead atoms. The summed E-state index contributed by atoms with van der Waals surface area (Å²) in [6.45, 7) is 1.66. The number of rotatable bonds is 6. The Morgan fingerprint density at radius 1 is 1.13 bits per heavy atom. The highest BCUT2D eigenvalue weighted by atomic mass is 16.7. The Balaban J connectivity index is 1.88. The zero-order chi connectivity index (χ0) is 16.7. The van der Waals surface area contributed by atoms with Gasteiger partial charge in [0.15, 0.2) is 12.4 Å². The van der Waals surface area contributed by atoms with E-state index in [-0.39, 0.29) is 12.4 Å². The van der Waals surface area contributed by atoms with E-state index in [1.54, 1.807) is 37.4 Å². The average molecular weight is 314 g/mol. The van der Waals surface area contributed by atoms with Crippen molar-refractivity contribution >= 4 is 11.8 Å². The van der Waals surface area contributed by atoms with E-state index in [1.165, 1.54) is 0 Å². The molecule has 0 amide bonds. The molecule has 2 N–H and O–H groups in total. The summed E-state index contributed by atoms with van der Waals surface area (Å²) in [5.41, 5.74) is 7.49. The van der Waals surface area contributed by atoms with Gasteiger partial charge in [-0.25, -0.2) is 4.79 Å². The summed E-state index contributed by atoms with van der Waals surface area (Å²) >= 11 is 0. The van der Waals surface area contributed by atoms with Crippen LogP contribution in [0.4, 0.5) is 0 Å². The summed E-state index contributed by atoms with van der Waals surface area (Å²) in [5, 5.41) is 3.62. The predicted octanol–water partition coefficient (Wildman–Crippen LogP) is 2.25. The van der Waals surface area contributed by atoms with Crippen LogP contribution in [-0.2, 0) is 9.63 Å². The Morgan fingerprint density at radius 2 is 1.87 bits per heavy atom. The van der Waals surface area contributed by atoms with Gasteiger partial charge >= 0.3 is 5.97 Å². The van der Waals surface area contributed by atoms with Crippen molar-refractivity contribution in [1.82, 2.24) is 0 Å². The van der Waals surface area contributed by atoms with E-state index < -0.39 is 5.97 Å². The molecule has 0 aromatic heterocycles. The number of benzene rings is 2. The van der Waals surface area contributed by atoms with Crippen molar-refractivity contribution in [3.63, 3.8) is 0 Å². The van der Waals surface area contributed by atoms with Crippen LogP contribution in [0.15, 0.2) is 53.7 Å². The maximum absolute atomic E-state index is 11.6. The molecule has 6 heteroatoms. The first-order valence-corrected chi connectivity index (χ1v) is 6.95. The second kappa shape index (κ2) is 7.84. The zero-order valence-corrected chi connectivity index (χ0v) is 13.0. The first-order chi connectivity index (χ1) is 11.1. The van der Waals surface area contributed by atoms with Crippen molar-refractivity contribution in [2.45, 2.75) is 6.92 Å². The van der Waals surface area contributed by atoms with Crippen LogP contribution in [0, 0.1) is 6.92 Å². The van der Waals surface area contributed by atoms with Crippen LogP contribution >= 0.6 is 0 Å². The summed E-state index contributed by atoms with van der Waals surface area (Å²) in [5.74, 6) is 0.612. The van der Waals surface area contributed by atoms with Crippen LogP contribution in [-0.4, -0.2) is 25.5 Å². The zero-order valence-electron chi connectivity index (χ0n) is 13.0. The lowest BCUT2D eigenvalue weighted by atomic mass is 10.1. The topological polar surface area (TPSA) is 83.1 Å². The minimum absolute atomic E-state index is 0.128. The second-order valence-electron chi connectivity index (χ2n) is 4.78. The molecule has 0 unspecified atom stereocenters. The predicted molar refractivity (Wildman–Crippen MR) is 86.5 cm³/mol. The number of ether oxygens (including phenoxy) is 2. The quantitative estimate of drug-likeness (QED) is 0.383. The molecule has 0 spiro atoms. The lowest BCUT2D eigenvalue weighted by Gasteiger charge is -2.06. The lowest BCUT2D eigenvalue weighted by molar-refractivity contribution is -0.146.